The second kappa shape index (κ2) is 12.3. The van der Waals surface area contributed by atoms with Gasteiger partial charge < -0.3 is 20.3 Å². The fourth-order valence-corrected chi connectivity index (χ4v) is 3.87. The molecule has 10 heteroatoms. The Bertz CT molecular complexity index is 1380. The van der Waals surface area contributed by atoms with E-state index in [-0.39, 0.29) is 5.91 Å². The van der Waals surface area contributed by atoms with Crippen LogP contribution in [0.1, 0.15) is 35.1 Å². The van der Waals surface area contributed by atoms with Gasteiger partial charge >= 0.3 is 0 Å². The number of rotatable bonds is 11. The van der Waals surface area contributed by atoms with E-state index in [1.54, 1.807) is 23.1 Å². The fourth-order valence-electron chi connectivity index (χ4n) is 3.87. The van der Waals surface area contributed by atoms with Crippen molar-refractivity contribution in [3.05, 3.63) is 71.8 Å². The summed E-state index contributed by atoms with van der Waals surface area (Å²) in [6, 6.07) is 13.1. The Labute approximate surface area is 223 Å². The van der Waals surface area contributed by atoms with Crippen molar-refractivity contribution in [2.75, 3.05) is 37.9 Å². The Kier molecular flexibility index (Phi) is 8.65. The van der Waals surface area contributed by atoms with Crippen LogP contribution < -0.4 is 15.4 Å². The van der Waals surface area contributed by atoms with E-state index in [2.05, 4.69) is 35.6 Å². The van der Waals surface area contributed by atoms with Crippen molar-refractivity contribution in [2.45, 2.75) is 33.7 Å². The first-order valence-electron chi connectivity index (χ1n) is 12.6. The van der Waals surface area contributed by atoms with Crippen LogP contribution in [0, 0.1) is 13.8 Å². The van der Waals surface area contributed by atoms with Crippen LogP contribution in [-0.2, 0) is 6.54 Å². The second-order valence-corrected chi connectivity index (χ2v) is 9.25. The minimum Gasteiger partial charge on any atom is -0.478 e. The third-order valence-electron chi connectivity index (χ3n) is 5.86. The van der Waals surface area contributed by atoms with Gasteiger partial charge in [-0.05, 0) is 77.2 Å². The van der Waals surface area contributed by atoms with Gasteiger partial charge in [0.15, 0.2) is 0 Å². The molecule has 4 aromatic rings. The zero-order valence-electron chi connectivity index (χ0n) is 22.5. The monoisotopic (exact) mass is 514 g/mol. The van der Waals surface area contributed by atoms with Gasteiger partial charge in [0.2, 0.25) is 11.8 Å². The molecule has 0 saturated carbocycles. The Morgan fingerprint density at radius 1 is 1.08 bits per heavy atom. The Morgan fingerprint density at radius 3 is 2.66 bits per heavy atom. The van der Waals surface area contributed by atoms with Gasteiger partial charge in [0.25, 0.3) is 5.91 Å². The topological polar surface area (TPSA) is 110 Å². The second-order valence-electron chi connectivity index (χ2n) is 9.25. The van der Waals surface area contributed by atoms with Gasteiger partial charge in [-0.2, -0.15) is 5.10 Å². The molecule has 0 aliphatic carbocycles. The van der Waals surface area contributed by atoms with E-state index in [1.165, 1.54) is 0 Å². The summed E-state index contributed by atoms with van der Waals surface area (Å²) in [4.78, 5) is 28.4. The Balaban J connectivity index is 1.44. The van der Waals surface area contributed by atoms with Crippen molar-refractivity contribution in [3.8, 4) is 17.1 Å². The summed E-state index contributed by atoms with van der Waals surface area (Å²) >= 11 is 0. The van der Waals surface area contributed by atoms with Crippen molar-refractivity contribution >= 4 is 23.2 Å². The van der Waals surface area contributed by atoms with Gasteiger partial charge in [0, 0.05) is 48.5 Å². The average Bonchev–Trinajstić information content (AvgIpc) is 3.30. The highest BCUT2D eigenvalue weighted by Crippen LogP contribution is 2.25. The standard InChI is InChI=1S/C28H34N8O2/c1-6-36-25(16-20(3)34-36)27(37)31-22-10-8-19(2)24(17-22)33-28-29-13-12-23(32-28)21-9-11-26(30-18-21)38-15-7-14-35(4)5/h8-13,16-18H,6-7,14-15H2,1-5H3,(H,31,37)(H,29,32,33). The largest absolute Gasteiger partial charge is 0.478 e. The molecule has 0 bridgehead atoms. The van der Waals surface area contributed by atoms with Crippen molar-refractivity contribution in [1.29, 1.82) is 0 Å². The number of carbonyl (C=O) groups is 1. The van der Waals surface area contributed by atoms with Crippen LogP contribution in [0.15, 0.2) is 54.9 Å². The van der Waals surface area contributed by atoms with Crippen molar-refractivity contribution in [3.63, 3.8) is 0 Å². The molecule has 0 fully saturated rings. The molecule has 0 aliphatic rings. The molecule has 0 atom stereocenters. The van der Waals surface area contributed by atoms with Crippen LogP contribution in [0.25, 0.3) is 11.3 Å². The summed E-state index contributed by atoms with van der Waals surface area (Å²) in [6.07, 6.45) is 4.38. The average molecular weight is 515 g/mol. The lowest BCUT2D eigenvalue weighted by Gasteiger charge is -2.12. The number of nitrogens with one attached hydrogen (secondary N) is 2. The number of benzene rings is 1. The third-order valence-corrected chi connectivity index (χ3v) is 5.86. The summed E-state index contributed by atoms with van der Waals surface area (Å²) in [7, 11) is 4.08. The van der Waals surface area contributed by atoms with E-state index in [4.69, 9.17) is 4.74 Å². The Morgan fingerprint density at radius 2 is 1.92 bits per heavy atom. The molecule has 198 valence electrons. The van der Waals surface area contributed by atoms with E-state index in [9.17, 15) is 4.79 Å². The summed E-state index contributed by atoms with van der Waals surface area (Å²) in [5, 5.41) is 10.6. The molecule has 0 aliphatic heterocycles. The predicted molar refractivity (Wildman–Crippen MR) is 149 cm³/mol. The molecule has 0 radical (unpaired) electrons. The van der Waals surface area contributed by atoms with Crippen LogP contribution in [-0.4, -0.2) is 62.8 Å². The first-order chi connectivity index (χ1) is 18.3. The van der Waals surface area contributed by atoms with Crippen LogP contribution >= 0.6 is 0 Å². The quantitative estimate of drug-likeness (QED) is 0.277. The van der Waals surface area contributed by atoms with Crippen molar-refractivity contribution < 1.29 is 9.53 Å². The predicted octanol–water partition coefficient (Wildman–Crippen LogP) is 4.70. The number of ether oxygens (including phenoxy) is 1. The number of amides is 1. The molecule has 3 aromatic heterocycles. The number of aromatic nitrogens is 5. The minimum absolute atomic E-state index is 0.210. The maximum absolute atomic E-state index is 12.9. The van der Waals surface area contributed by atoms with Crippen molar-refractivity contribution in [1.82, 2.24) is 29.6 Å². The smallest absolute Gasteiger partial charge is 0.273 e. The first-order valence-corrected chi connectivity index (χ1v) is 12.6. The van der Waals surface area contributed by atoms with Gasteiger partial charge in [-0.1, -0.05) is 6.07 Å². The molecule has 0 unspecified atom stereocenters. The summed E-state index contributed by atoms with van der Waals surface area (Å²) < 4.78 is 7.42. The third kappa shape index (κ3) is 6.92. The highest BCUT2D eigenvalue weighted by atomic mass is 16.5. The Hall–Kier alpha value is -4.31. The highest BCUT2D eigenvalue weighted by Gasteiger charge is 2.14. The van der Waals surface area contributed by atoms with E-state index in [1.807, 2.05) is 71.3 Å². The number of pyridine rings is 1. The summed E-state index contributed by atoms with van der Waals surface area (Å²) in [5.41, 5.74) is 5.36. The van der Waals surface area contributed by atoms with Gasteiger partial charge in [-0.25, -0.2) is 15.0 Å². The molecule has 10 nitrogen and oxygen atoms in total. The zero-order valence-corrected chi connectivity index (χ0v) is 22.5. The van der Waals surface area contributed by atoms with Gasteiger partial charge in [-0.15, -0.1) is 0 Å². The van der Waals surface area contributed by atoms with Gasteiger partial charge in [0.1, 0.15) is 5.69 Å². The lowest BCUT2D eigenvalue weighted by atomic mass is 10.1. The molecule has 0 spiro atoms. The molecule has 38 heavy (non-hydrogen) atoms. The molecule has 3 heterocycles. The number of nitrogens with zero attached hydrogens (tertiary/aromatic N) is 6. The SMILES string of the molecule is CCn1nc(C)cc1C(=O)Nc1ccc(C)c(Nc2nccc(-c3ccc(OCCCN(C)C)nc3)n2)c1. The number of hydrogen-bond acceptors (Lipinski definition) is 8. The summed E-state index contributed by atoms with van der Waals surface area (Å²) in [6.45, 7) is 8.01. The highest BCUT2D eigenvalue weighted by molar-refractivity contribution is 6.03. The zero-order chi connectivity index (χ0) is 27.1. The molecular formula is C28H34N8O2. The van der Waals surface area contributed by atoms with E-state index in [0.29, 0.717) is 36.4 Å². The molecule has 0 saturated heterocycles. The van der Waals surface area contributed by atoms with Crippen LogP contribution in [0.2, 0.25) is 0 Å². The molecule has 2 N–H and O–H groups in total. The molecule has 1 amide bonds. The lowest BCUT2D eigenvalue weighted by molar-refractivity contribution is 0.101. The van der Waals surface area contributed by atoms with E-state index in [0.717, 1.165) is 41.2 Å². The van der Waals surface area contributed by atoms with Gasteiger partial charge in [0.05, 0.1) is 18.0 Å². The number of hydrogen-bond donors (Lipinski definition) is 2. The van der Waals surface area contributed by atoms with Crippen LogP contribution in [0.3, 0.4) is 0 Å². The van der Waals surface area contributed by atoms with Gasteiger partial charge in [-0.3, -0.25) is 9.48 Å². The first kappa shape index (κ1) is 26.7. The van der Waals surface area contributed by atoms with E-state index >= 15 is 0 Å². The molecular weight excluding hydrogens is 480 g/mol. The fraction of sp³-hybridized carbons (Fsp3) is 0.321. The lowest BCUT2D eigenvalue weighted by Crippen LogP contribution is -2.17. The number of carbonyl (C=O) groups excluding carboxylic acids is 1. The van der Waals surface area contributed by atoms with E-state index < -0.39 is 0 Å². The molecule has 4 rings (SSSR count). The molecule has 1 aromatic carbocycles. The maximum atomic E-state index is 12.9. The number of aryl methyl sites for hydroxylation is 3. The summed E-state index contributed by atoms with van der Waals surface area (Å²) in [5.74, 6) is 0.822. The van der Waals surface area contributed by atoms with Crippen LogP contribution in [0.5, 0.6) is 5.88 Å². The normalized spacial score (nSPS) is 11.0. The van der Waals surface area contributed by atoms with Crippen molar-refractivity contribution in [2.24, 2.45) is 0 Å². The van der Waals surface area contributed by atoms with Crippen LogP contribution in [0.4, 0.5) is 17.3 Å². The maximum Gasteiger partial charge on any atom is 0.273 e. The number of anilines is 3. The minimum atomic E-state index is -0.210.